The molecule has 5 heteroatoms. The van der Waals surface area contributed by atoms with Crippen LogP contribution in [-0.2, 0) is 13.0 Å². The topological polar surface area (TPSA) is 50.9 Å². The minimum Gasteiger partial charge on any atom is -0.390 e. The summed E-state index contributed by atoms with van der Waals surface area (Å²) in [5, 5.41) is 17.1. The lowest BCUT2D eigenvalue weighted by atomic mass is 10.1. The van der Waals surface area contributed by atoms with Gasteiger partial charge in [-0.05, 0) is 24.5 Å². The average molecular weight is 249 g/mol. The maximum Gasteiger partial charge on any atom is 0.148 e. The highest BCUT2D eigenvalue weighted by molar-refractivity contribution is 5.35. The van der Waals surface area contributed by atoms with Crippen LogP contribution in [0, 0.1) is 11.7 Å². The van der Waals surface area contributed by atoms with Crippen LogP contribution in [0.4, 0.5) is 4.39 Å². The number of rotatable bonds is 4. The number of benzene rings is 1. The minimum absolute atomic E-state index is 0.184. The van der Waals surface area contributed by atoms with Crippen molar-refractivity contribution in [3.05, 3.63) is 41.5 Å². The summed E-state index contributed by atoms with van der Waals surface area (Å²) in [6.45, 7) is 3.93. The lowest BCUT2D eigenvalue weighted by Crippen LogP contribution is -2.08. The summed E-state index contributed by atoms with van der Waals surface area (Å²) < 4.78 is 15.2. The number of aliphatic hydroxyl groups excluding tert-OH is 1. The van der Waals surface area contributed by atoms with Crippen LogP contribution >= 0.6 is 0 Å². The summed E-state index contributed by atoms with van der Waals surface area (Å²) >= 11 is 0. The Morgan fingerprint density at radius 1 is 1.33 bits per heavy atom. The van der Waals surface area contributed by atoms with Gasteiger partial charge in [-0.25, -0.2) is 9.07 Å². The molecule has 0 amide bonds. The molecular weight excluding hydrogens is 233 g/mol. The Labute approximate surface area is 105 Å². The van der Waals surface area contributed by atoms with E-state index < -0.39 is 0 Å². The van der Waals surface area contributed by atoms with Gasteiger partial charge in [-0.1, -0.05) is 31.2 Å². The number of aliphatic hydroxyl groups is 1. The molecule has 0 fully saturated rings. The quantitative estimate of drug-likeness (QED) is 0.902. The standard InChI is InChI=1S/C13H16FN3O/c1-9(2)7-13-11(8-18)15-16-17(13)12-6-4-3-5-10(12)14/h3-6,9,18H,7-8H2,1-2H3. The second kappa shape index (κ2) is 5.27. The van der Waals surface area contributed by atoms with Gasteiger partial charge in [0.25, 0.3) is 0 Å². The molecule has 2 rings (SSSR count). The van der Waals surface area contributed by atoms with Crippen LogP contribution in [0.25, 0.3) is 5.69 Å². The molecule has 0 spiro atoms. The normalized spacial score (nSPS) is 11.2. The van der Waals surface area contributed by atoms with Crippen LogP contribution < -0.4 is 0 Å². The van der Waals surface area contributed by atoms with Crippen molar-refractivity contribution in [2.75, 3.05) is 0 Å². The van der Waals surface area contributed by atoms with E-state index in [9.17, 15) is 9.50 Å². The highest BCUT2D eigenvalue weighted by atomic mass is 19.1. The summed E-state index contributed by atoms with van der Waals surface area (Å²) in [6, 6.07) is 6.41. The molecule has 1 N–H and O–H groups in total. The van der Waals surface area contributed by atoms with Gasteiger partial charge < -0.3 is 5.11 Å². The first-order valence-electron chi connectivity index (χ1n) is 5.92. The summed E-state index contributed by atoms with van der Waals surface area (Å²) in [7, 11) is 0. The van der Waals surface area contributed by atoms with E-state index in [2.05, 4.69) is 24.2 Å². The zero-order chi connectivity index (χ0) is 13.1. The Morgan fingerprint density at radius 2 is 2.06 bits per heavy atom. The Morgan fingerprint density at radius 3 is 2.67 bits per heavy atom. The highest BCUT2D eigenvalue weighted by Crippen LogP contribution is 2.18. The maximum absolute atomic E-state index is 13.8. The molecule has 0 aliphatic rings. The Kier molecular flexibility index (Phi) is 3.72. The fourth-order valence-corrected chi connectivity index (χ4v) is 1.86. The van der Waals surface area contributed by atoms with Crippen LogP contribution in [0.2, 0.25) is 0 Å². The molecule has 1 aromatic heterocycles. The third kappa shape index (κ3) is 2.41. The fraction of sp³-hybridized carbons (Fsp3) is 0.385. The summed E-state index contributed by atoms with van der Waals surface area (Å²) in [5.41, 5.74) is 1.63. The Hall–Kier alpha value is -1.75. The highest BCUT2D eigenvalue weighted by Gasteiger charge is 2.16. The SMILES string of the molecule is CC(C)Cc1c(CO)nnn1-c1ccccc1F. The van der Waals surface area contributed by atoms with Gasteiger partial charge in [-0.2, -0.15) is 0 Å². The monoisotopic (exact) mass is 249 g/mol. The lowest BCUT2D eigenvalue weighted by Gasteiger charge is -2.10. The molecule has 0 bridgehead atoms. The van der Waals surface area contributed by atoms with Gasteiger partial charge in [-0.3, -0.25) is 0 Å². The van der Waals surface area contributed by atoms with Gasteiger partial charge in [-0.15, -0.1) is 5.10 Å². The lowest BCUT2D eigenvalue weighted by molar-refractivity contribution is 0.275. The Bertz CT molecular complexity index is 537. The third-order valence-corrected chi connectivity index (χ3v) is 2.68. The first-order valence-corrected chi connectivity index (χ1v) is 5.92. The molecule has 1 heterocycles. The second-order valence-electron chi connectivity index (χ2n) is 4.60. The molecular formula is C13H16FN3O. The molecule has 18 heavy (non-hydrogen) atoms. The summed E-state index contributed by atoms with van der Waals surface area (Å²) in [5.74, 6) is 0.0243. The van der Waals surface area contributed by atoms with Gasteiger partial charge in [0, 0.05) is 0 Å². The largest absolute Gasteiger partial charge is 0.390 e. The zero-order valence-electron chi connectivity index (χ0n) is 10.5. The van der Waals surface area contributed by atoms with Crippen LogP contribution in [0.5, 0.6) is 0 Å². The van der Waals surface area contributed by atoms with E-state index in [4.69, 9.17) is 0 Å². The molecule has 96 valence electrons. The molecule has 2 aromatic rings. The van der Waals surface area contributed by atoms with Gasteiger partial charge in [0.15, 0.2) is 0 Å². The number of halogens is 1. The fourth-order valence-electron chi connectivity index (χ4n) is 1.86. The van der Waals surface area contributed by atoms with Gasteiger partial charge in [0.05, 0.1) is 12.3 Å². The molecule has 0 saturated carbocycles. The van der Waals surface area contributed by atoms with Crippen LogP contribution in [-0.4, -0.2) is 20.1 Å². The van der Waals surface area contributed by atoms with Crippen molar-refractivity contribution in [1.82, 2.24) is 15.0 Å². The van der Waals surface area contributed by atoms with Crippen LogP contribution in [0.3, 0.4) is 0 Å². The van der Waals surface area contributed by atoms with E-state index in [-0.39, 0.29) is 12.4 Å². The van der Waals surface area contributed by atoms with E-state index in [0.29, 0.717) is 23.7 Å². The molecule has 0 aliphatic heterocycles. The van der Waals surface area contributed by atoms with Gasteiger partial charge >= 0.3 is 0 Å². The van der Waals surface area contributed by atoms with Crippen molar-refractivity contribution in [3.63, 3.8) is 0 Å². The van der Waals surface area contributed by atoms with E-state index in [1.54, 1.807) is 18.2 Å². The van der Waals surface area contributed by atoms with E-state index in [1.165, 1.54) is 10.7 Å². The maximum atomic E-state index is 13.8. The number of para-hydroxylation sites is 1. The van der Waals surface area contributed by atoms with E-state index in [1.807, 2.05) is 0 Å². The molecule has 0 unspecified atom stereocenters. The van der Waals surface area contributed by atoms with E-state index >= 15 is 0 Å². The second-order valence-corrected chi connectivity index (χ2v) is 4.60. The molecule has 0 saturated heterocycles. The number of nitrogens with zero attached hydrogens (tertiary/aromatic N) is 3. The van der Waals surface area contributed by atoms with Crippen LogP contribution in [0.15, 0.2) is 24.3 Å². The molecule has 0 atom stereocenters. The van der Waals surface area contributed by atoms with Crippen molar-refractivity contribution >= 4 is 0 Å². The number of hydrogen-bond acceptors (Lipinski definition) is 3. The zero-order valence-corrected chi connectivity index (χ0v) is 10.5. The van der Waals surface area contributed by atoms with Crippen LogP contribution in [0.1, 0.15) is 25.2 Å². The Balaban J connectivity index is 2.51. The van der Waals surface area contributed by atoms with E-state index in [0.717, 1.165) is 5.69 Å². The predicted octanol–water partition coefficient (Wildman–Crippen LogP) is 2.10. The minimum atomic E-state index is -0.350. The average Bonchev–Trinajstić information content (AvgIpc) is 2.72. The molecule has 4 nitrogen and oxygen atoms in total. The van der Waals surface area contributed by atoms with Crippen molar-refractivity contribution in [3.8, 4) is 5.69 Å². The van der Waals surface area contributed by atoms with Crippen molar-refractivity contribution < 1.29 is 9.50 Å². The molecule has 0 radical (unpaired) electrons. The third-order valence-electron chi connectivity index (χ3n) is 2.68. The van der Waals surface area contributed by atoms with Crippen molar-refractivity contribution in [2.24, 2.45) is 5.92 Å². The molecule has 0 aliphatic carbocycles. The number of hydrogen-bond donors (Lipinski definition) is 1. The first-order chi connectivity index (χ1) is 8.63. The predicted molar refractivity (Wildman–Crippen MR) is 65.8 cm³/mol. The van der Waals surface area contributed by atoms with Crippen molar-refractivity contribution in [1.29, 1.82) is 0 Å². The van der Waals surface area contributed by atoms with Gasteiger partial charge in [0.2, 0.25) is 0 Å². The number of aromatic nitrogens is 3. The summed E-state index contributed by atoms with van der Waals surface area (Å²) in [6.07, 6.45) is 0.692. The molecule has 1 aromatic carbocycles. The summed E-state index contributed by atoms with van der Waals surface area (Å²) in [4.78, 5) is 0. The van der Waals surface area contributed by atoms with Gasteiger partial charge in [0.1, 0.15) is 17.2 Å². The smallest absolute Gasteiger partial charge is 0.148 e. The van der Waals surface area contributed by atoms with Crippen molar-refractivity contribution in [2.45, 2.75) is 26.9 Å². The first kappa shape index (κ1) is 12.7.